The average Bonchev–Trinajstić information content (AvgIpc) is 2.75. The van der Waals surface area contributed by atoms with E-state index < -0.39 is 0 Å². The van der Waals surface area contributed by atoms with Gasteiger partial charge in [0.05, 0.1) is 25.3 Å². The number of ether oxygens (including phenoxy) is 2. The zero-order chi connectivity index (χ0) is 20.2. The molecule has 0 radical (unpaired) electrons. The first-order valence-electron chi connectivity index (χ1n) is 9.92. The number of anilines is 2. The molecule has 0 saturated carbocycles. The third-order valence-electron chi connectivity index (χ3n) is 5.02. The Bertz CT molecular complexity index is 1010. The minimum atomic E-state index is -0.150. The summed E-state index contributed by atoms with van der Waals surface area (Å²) < 4.78 is 10.9. The monoisotopic (exact) mass is 391 g/mol. The van der Waals surface area contributed by atoms with Gasteiger partial charge in [0.2, 0.25) is 0 Å². The van der Waals surface area contributed by atoms with E-state index >= 15 is 0 Å². The second-order valence-corrected chi connectivity index (χ2v) is 7.04. The maximum Gasteiger partial charge on any atom is 0.255 e. The molecular formula is C23H25N3O3. The van der Waals surface area contributed by atoms with Crippen LogP contribution < -0.4 is 15.0 Å². The molecule has 2 heterocycles. The van der Waals surface area contributed by atoms with Crippen molar-refractivity contribution in [2.24, 2.45) is 0 Å². The van der Waals surface area contributed by atoms with Gasteiger partial charge in [0.1, 0.15) is 11.6 Å². The first-order chi connectivity index (χ1) is 14.1. The molecule has 1 amide bonds. The molecule has 150 valence electrons. The van der Waals surface area contributed by atoms with Crippen LogP contribution in [0.5, 0.6) is 5.75 Å². The summed E-state index contributed by atoms with van der Waals surface area (Å²) in [5.74, 6) is 1.58. The molecule has 0 aliphatic carbocycles. The molecule has 29 heavy (non-hydrogen) atoms. The first-order valence-corrected chi connectivity index (χ1v) is 9.92. The SMILES string of the molecule is CCOc1ccc(C(=O)Nc2ccc3nc(N4CCOCC4)cc(C)c3c2)cc1. The summed E-state index contributed by atoms with van der Waals surface area (Å²) in [4.78, 5) is 19.6. The Labute approximate surface area is 170 Å². The standard InChI is InChI=1S/C23H25N3O3/c1-3-29-19-7-4-17(5-8-19)23(27)24-18-6-9-21-20(15-18)16(2)14-22(25-21)26-10-12-28-13-11-26/h4-9,14-15H,3,10-13H2,1-2H3,(H,24,27). The van der Waals surface area contributed by atoms with Crippen molar-refractivity contribution in [1.29, 1.82) is 0 Å². The van der Waals surface area contributed by atoms with Crippen molar-refractivity contribution in [3.63, 3.8) is 0 Å². The minimum Gasteiger partial charge on any atom is -0.494 e. The number of nitrogens with zero attached hydrogens (tertiary/aromatic N) is 2. The zero-order valence-corrected chi connectivity index (χ0v) is 16.8. The van der Waals surface area contributed by atoms with Gasteiger partial charge in [-0.2, -0.15) is 0 Å². The van der Waals surface area contributed by atoms with E-state index in [0.29, 0.717) is 12.2 Å². The van der Waals surface area contributed by atoms with Crippen LogP contribution in [0.25, 0.3) is 10.9 Å². The lowest BCUT2D eigenvalue weighted by Crippen LogP contribution is -2.36. The van der Waals surface area contributed by atoms with Crippen molar-refractivity contribution in [2.75, 3.05) is 43.1 Å². The molecule has 1 N–H and O–H groups in total. The second kappa shape index (κ2) is 8.49. The number of carbonyl (C=O) groups is 1. The average molecular weight is 391 g/mol. The fraction of sp³-hybridized carbons (Fsp3) is 0.304. The minimum absolute atomic E-state index is 0.150. The van der Waals surface area contributed by atoms with Gasteiger partial charge in [-0.15, -0.1) is 0 Å². The van der Waals surface area contributed by atoms with Crippen molar-refractivity contribution in [3.05, 3.63) is 59.7 Å². The number of carbonyl (C=O) groups excluding carboxylic acids is 1. The van der Waals surface area contributed by atoms with E-state index in [1.54, 1.807) is 24.3 Å². The molecule has 1 aromatic heterocycles. The lowest BCUT2D eigenvalue weighted by molar-refractivity contribution is 0.102. The van der Waals surface area contributed by atoms with Gasteiger partial charge in [-0.25, -0.2) is 4.98 Å². The Kier molecular flexibility index (Phi) is 5.62. The molecular weight excluding hydrogens is 366 g/mol. The van der Waals surface area contributed by atoms with Crippen LogP contribution in [0.1, 0.15) is 22.8 Å². The van der Waals surface area contributed by atoms with Crippen molar-refractivity contribution in [2.45, 2.75) is 13.8 Å². The Hall–Kier alpha value is -3.12. The van der Waals surface area contributed by atoms with Crippen LogP contribution >= 0.6 is 0 Å². The van der Waals surface area contributed by atoms with Crippen LogP contribution in [0, 0.1) is 6.92 Å². The molecule has 1 aliphatic heterocycles. The van der Waals surface area contributed by atoms with Crippen LogP contribution in [0.3, 0.4) is 0 Å². The molecule has 6 nitrogen and oxygen atoms in total. The van der Waals surface area contributed by atoms with E-state index in [0.717, 1.165) is 60.0 Å². The fourth-order valence-electron chi connectivity index (χ4n) is 3.48. The molecule has 6 heteroatoms. The highest BCUT2D eigenvalue weighted by molar-refractivity contribution is 6.05. The molecule has 1 saturated heterocycles. The summed E-state index contributed by atoms with van der Waals surface area (Å²) in [6.07, 6.45) is 0. The molecule has 3 aromatic rings. The number of rotatable bonds is 5. The van der Waals surface area contributed by atoms with Gasteiger partial charge in [-0.1, -0.05) is 0 Å². The van der Waals surface area contributed by atoms with Gasteiger partial charge in [0.25, 0.3) is 5.91 Å². The topological polar surface area (TPSA) is 63.7 Å². The predicted octanol–water partition coefficient (Wildman–Crippen LogP) is 4.03. The third-order valence-corrected chi connectivity index (χ3v) is 5.02. The Balaban J connectivity index is 1.53. The summed E-state index contributed by atoms with van der Waals surface area (Å²) >= 11 is 0. The number of aromatic nitrogens is 1. The maximum atomic E-state index is 12.6. The summed E-state index contributed by atoms with van der Waals surface area (Å²) in [5.41, 5.74) is 3.39. The molecule has 0 bridgehead atoms. The summed E-state index contributed by atoms with van der Waals surface area (Å²) in [6.45, 7) is 7.78. The number of fused-ring (bicyclic) bond motifs is 1. The van der Waals surface area contributed by atoms with Crippen LogP contribution in [0.2, 0.25) is 0 Å². The normalized spacial score (nSPS) is 14.1. The number of nitrogens with one attached hydrogen (secondary N) is 1. The smallest absolute Gasteiger partial charge is 0.255 e. The van der Waals surface area contributed by atoms with Gasteiger partial charge in [0.15, 0.2) is 0 Å². The van der Waals surface area contributed by atoms with E-state index in [-0.39, 0.29) is 5.91 Å². The number of hydrogen-bond acceptors (Lipinski definition) is 5. The van der Waals surface area contributed by atoms with Gasteiger partial charge in [0, 0.05) is 29.7 Å². The predicted molar refractivity (Wildman–Crippen MR) is 115 cm³/mol. The summed E-state index contributed by atoms with van der Waals surface area (Å²) in [5, 5.41) is 4.01. The molecule has 2 aromatic carbocycles. The molecule has 0 unspecified atom stereocenters. The number of benzene rings is 2. The largest absolute Gasteiger partial charge is 0.494 e. The second-order valence-electron chi connectivity index (χ2n) is 7.04. The summed E-state index contributed by atoms with van der Waals surface area (Å²) in [7, 11) is 0. The lowest BCUT2D eigenvalue weighted by Gasteiger charge is -2.28. The molecule has 4 rings (SSSR count). The van der Waals surface area contributed by atoms with Gasteiger partial charge >= 0.3 is 0 Å². The van der Waals surface area contributed by atoms with E-state index in [1.165, 1.54) is 0 Å². The highest BCUT2D eigenvalue weighted by atomic mass is 16.5. The molecule has 0 atom stereocenters. The number of amides is 1. The van der Waals surface area contributed by atoms with E-state index in [2.05, 4.69) is 23.2 Å². The number of morpholine rings is 1. The van der Waals surface area contributed by atoms with E-state index in [9.17, 15) is 4.79 Å². The van der Waals surface area contributed by atoms with Gasteiger partial charge < -0.3 is 19.7 Å². The molecule has 1 aliphatic rings. The van der Waals surface area contributed by atoms with Crippen LogP contribution in [-0.4, -0.2) is 43.8 Å². The highest BCUT2D eigenvalue weighted by Crippen LogP contribution is 2.26. The van der Waals surface area contributed by atoms with Crippen LogP contribution in [0.15, 0.2) is 48.5 Å². The lowest BCUT2D eigenvalue weighted by atomic mass is 10.1. The summed E-state index contributed by atoms with van der Waals surface area (Å²) in [6, 6.07) is 15.1. The van der Waals surface area contributed by atoms with E-state index in [4.69, 9.17) is 14.5 Å². The Morgan fingerprint density at radius 3 is 2.62 bits per heavy atom. The molecule has 1 fully saturated rings. The van der Waals surface area contributed by atoms with Crippen molar-refractivity contribution < 1.29 is 14.3 Å². The fourth-order valence-corrected chi connectivity index (χ4v) is 3.48. The third kappa shape index (κ3) is 4.32. The zero-order valence-electron chi connectivity index (χ0n) is 16.8. The number of aryl methyl sites for hydroxylation is 1. The van der Waals surface area contributed by atoms with Gasteiger partial charge in [-0.3, -0.25) is 4.79 Å². The van der Waals surface area contributed by atoms with Crippen molar-refractivity contribution in [1.82, 2.24) is 4.98 Å². The van der Waals surface area contributed by atoms with Crippen LogP contribution in [0.4, 0.5) is 11.5 Å². The van der Waals surface area contributed by atoms with E-state index in [1.807, 2.05) is 25.1 Å². The van der Waals surface area contributed by atoms with Crippen molar-refractivity contribution in [3.8, 4) is 5.75 Å². The Morgan fingerprint density at radius 2 is 1.90 bits per heavy atom. The maximum absolute atomic E-state index is 12.6. The molecule has 0 spiro atoms. The van der Waals surface area contributed by atoms with Crippen LogP contribution in [-0.2, 0) is 4.74 Å². The number of pyridine rings is 1. The number of hydrogen-bond donors (Lipinski definition) is 1. The Morgan fingerprint density at radius 1 is 1.14 bits per heavy atom. The first kappa shape index (κ1) is 19.2. The highest BCUT2D eigenvalue weighted by Gasteiger charge is 2.14. The van der Waals surface area contributed by atoms with Gasteiger partial charge in [-0.05, 0) is 67.9 Å². The quantitative estimate of drug-likeness (QED) is 0.711. The van der Waals surface area contributed by atoms with Crippen molar-refractivity contribution >= 4 is 28.3 Å².